The van der Waals surface area contributed by atoms with Gasteiger partial charge in [0.25, 0.3) is 0 Å². The average Bonchev–Trinajstić information content (AvgIpc) is 3.63. The van der Waals surface area contributed by atoms with Gasteiger partial charge in [0.1, 0.15) is 0 Å². The van der Waals surface area contributed by atoms with E-state index in [1.807, 2.05) is 15.9 Å². The monoisotopic (exact) mass is 668 g/mol. The summed E-state index contributed by atoms with van der Waals surface area (Å²) in [5.74, 6) is -0.428. The van der Waals surface area contributed by atoms with Crippen LogP contribution in [-0.4, -0.2) is 59.9 Å². The standard InChI is InChI=1S/C29H34F3IN5O2/c30-20-13-23(31)27(24(32)14-20)36-26-8-5-19-15-33-16-25(35-28(19)38(26)22-9-12-40-17-22)34-21-6-3-18(4-7-21)29(39)37-10-1-2-11-37/h8,13-16,18,21-22,34,36H,1-7,9-12,17H2/q-1. The third-order valence-corrected chi connectivity index (χ3v) is 10.3. The SMILES string of the molecule is O=C(C1CCC(NC2=C[I-]C=C3CC=C(Nc4c(F)cc(F)cc4F)N(C4CCOC4)C3=N2)CC1)N1CCCC1. The van der Waals surface area contributed by atoms with Crippen molar-refractivity contribution in [3.05, 3.63) is 61.0 Å². The minimum atomic E-state index is -0.989. The molecule has 11 heteroatoms. The number of rotatable bonds is 6. The zero-order chi connectivity index (χ0) is 27.6. The average molecular weight is 669 g/mol. The quantitative estimate of drug-likeness (QED) is 0.453. The Hall–Kier alpha value is -2.54. The van der Waals surface area contributed by atoms with Gasteiger partial charge in [0.05, 0.1) is 0 Å². The minimum absolute atomic E-state index is 0.0580. The Labute approximate surface area is 242 Å². The molecular weight excluding hydrogens is 634 g/mol. The molecule has 4 heterocycles. The Morgan fingerprint density at radius 3 is 2.48 bits per heavy atom. The summed E-state index contributed by atoms with van der Waals surface area (Å²) >= 11 is -0.396. The van der Waals surface area contributed by atoms with Gasteiger partial charge in [-0.2, -0.15) is 0 Å². The van der Waals surface area contributed by atoms with E-state index in [1.54, 1.807) is 0 Å². The predicted octanol–water partition coefficient (Wildman–Crippen LogP) is 1.81. The van der Waals surface area contributed by atoms with E-state index in [9.17, 15) is 18.0 Å². The molecule has 2 N–H and O–H groups in total. The maximum atomic E-state index is 14.6. The third-order valence-electron chi connectivity index (χ3n) is 8.25. The summed E-state index contributed by atoms with van der Waals surface area (Å²) in [5.41, 5.74) is 0.693. The molecule has 216 valence electrons. The van der Waals surface area contributed by atoms with Crippen molar-refractivity contribution < 1.29 is 43.9 Å². The molecule has 3 fully saturated rings. The third kappa shape index (κ3) is 5.90. The number of hydrogen-bond acceptors (Lipinski definition) is 6. The number of allylic oxidation sites excluding steroid dienone is 1. The Morgan fingerprint density at radius 2 is 1.77 bits per heavy atom. The number of likely N-dealkylation sites (tertiary alicyclic amines) is 1. The van der Waals surface area contributed by atoms with Crippen molar-refractivity contribution >= 4 is 17.4 Å². The molecule has 1 aromatic carbocycles. The van der Waals surface area contributed by atoms with Crippen molar-refractivity contribution in [3.8, 4) is 0 Å². The summed E-state index contributed by atoms with van der Waals surface area (Å²) in [4.78, 5) is 22.0. The van der Waals surface area contributed by atoms with Gasteiger partial charge >= 0.3 is 243 Å². The van der Waals surface area contributed by atoms with Gasteiger partial charge in [0.15, 0.2) is 0 Å². The van der Waals surface area contributed by atoms with Crippen LogP contribution in [0.1, 0.15) is 51.4 Å². The van der Waals surface area contributed by atoms with Crippen molar-refractivity contribution in [2.75, 3.05) is 31.6 Å². The molecule has 0 spiro atoms. The fourth-order valence-electron chi connectivity index (χ4n) is 6.14. The summed E-state index contributed by atoms with van der Waals surface area (Å²) < 4.78 is 52.8. The van der Waals surface area contributed by atoms with E-state index in [2.05, 4.69) is 18.8 Å². The van der Waals surface area contributed by atoms with E-state index in [0.717, 1.165) is 75.3 Å². The Kier molecular flexibility index (Phi) is 8.38. The zero-order valence-corrected chi connectivity index (χ0v) is 24.4. The second kappa shape index (κ2) is 12.1. The van der Waals surface area contributed by atoms with Crippen molar-refractivity contribution in [1.29, 1.82) is 0 Å². The number of benzene rings is 1. The van der Waals surface area contributed by atoms with Crippen molar-refractivity contribution in [3.63, 3.8) is 0 Å². The first kappa shape index (κ1) is 27.6. The summed E-state index contributed by atoms with van der Waals surface area (Å²) in [7, 11) is 0. The van der Waals surface area contributed by atoms with Crippen LogP contribution in [0.15, 0.2) is 48.6 Å². The number of amides is 1. The van der Waals surface area contributed by atoms with Crippen LogP contribution >= 0.6 is 0 Å². The van der Waals surface area contributed by atoms with E-state index in [1.165, 1.54) is 0 Å². The van der Waals surface area contributed by atoms with Gasteiger partial charge in [0.2, 0.25) is 0 Å². The number of amidine groups is 1. The molecule has 1 atom stereocenters. The summed E-state index contributed by atoms with van der Waals surface area (Å²) in [6, 6.07) is 1.53. The zero-order valence-electron chi connectivity index (χ0n) is 22.3. The second-order valence-corrected chi connectivity index (χ2v) is 12.9. The molecule has 1 saturated carbocycles. The van der Waals surface area contributed by atoms with Gasteiger partial charge in [-0.25, -0.2) is 0 Å². The van der Waals surface area contributed by atoms with Gasteiger partial charge < -0.3 is 0 Å². The summed E-state index contributed by atoms with van der Waals surface area (Å²) in [6.07, 6.45) is 9.05. The van der Waals surface area contributed by atoms with E-state index >= 15 is 0 Å². The fraction of sp³-hybridized carbons (Fsp3) is 0.517. The van der Waals surface area contributed by atoms with Crippen LogP contribution in [0.4, 0.5) is 18.9 Å². The van der Waals surface area contributed by atoms with Crippen molar-refractivity contribution in [2.45, 2.75) is 63.5 Å². The molecule has 0 aromatic heterocycles. The van der Waals surface area contributed by atoms with Crippen LogP contribution in [0, 0.1) is 23.4 Å². The molecule has 0 bridgehead atoms. The van der Waals surface area contributed by atoms with Crippen molar-refractivity contribution in [2.24, 2.45) is 10.9 Å². The van der Waals surface area contributed by atoms with Crippen LogP contribution in [0.25, 0.3) is 0 Å². The number of ether oxygens (including phenoxy) is 1. The molecule has 1 amide bonds. The number of fused-ring (bicyclic) bond motifs is 1. The van der Waals surface area contributed by atoms with E-state index < -0.39 is 38.7 Å². The van der Waals surface area contributed by atoms with Crippen LogP contribution in [-0.2, 0) is 9.53 Å². The number of hydrogen-bond donors (Lipinski definition) is 2. The van der Waals surface area contributed by atoms with Crippen LogP contribution in [0.5, 0.6) is 0 Å². The summed E-state index contributed by atoms with van der Waals surface area (Å²) in [5, 5.41) is 6.54. The number of carbonyl (C=O) groups is 1. The number of nitrogens with zero attached hydrogens (tertiary/aromatic N) is 3. The predicted molar refractivity (Wildman–Crippen MR) is 142 cm³/mol. The molecule has 6 rings (SSSR count). The molecular formula is C29H34F3IN5O2-. The number of halogens is 4. The second-order valence-electron chi connectivity index (χ2n) is 11.0. The van der Waals surface area contributed by atoms with Gasteiger partial charge in [-0.3, -0.25) is 0 Å². The van der Waals surface area contributed by atoms with Gasteiger partial charge in [-0.05, 0) is 0 Å². The van der Waals surface area contributed by atoms with E-state index in [4.69, 9.17) is 9.73 Å². The maximum absolute atomic E-state index is 14.6. The fourth-order valence-corrected chi connectivity index (χ4v) is 7.95. The first-order valence-corrected chi connectivity index (χ1v) is 16.6. The first-order valence-electron chi connectivity index (χ1n) is 14.1. The molecule has 0 radical (unpaired) electrons. The molecule has 40 heavy (non-hydrogen) atoms. The Morgan fingerprint density at radius 1 is 1.02 bits per heavy atom. The molecule has 1 unspecified atom stereocenters. The summed E-state index contributed by atoms with van der Waals surface area (Å²) in [6.45, 7) is 2.85. The van der Waals surface area contributed by atoms with Crippen LogP contribution in [0.2, 0.25) is 0 Å². The molecule has 7 nitrogen and oxygen atoms in total. The van der Waals surface area contributed by atoms with E-state index in [-0.39, 0.29) is 23.7 Å². The molecule has 5 aliphatic rings. The van der Waals surface area contributed by atoms with E-state index in [0.29, 0.717) is 43.5 Å². The van der Waals surface area contributed by atoms with Gasteiger partial charge in [-0.15, -0.1) is 0 Å². The number of aliphatic imine (C=N–C) groups is 1. The number of carbonyl (C=O) groups excluding carboxylic acids is 1. The Bertz CT molecular complexity index is 1240. The topological polar surface area (TPSA) is 69.2 Å². The van der Waals surface area contributed by atoms with Gasteiger partial charge in [0, 0.05) is 0 Å². The Balaban J connectivity index is 1.19. The molecule has 4 aliphatic heterocycles. The normalized spacial score (nSPS) is 27.0. The van der Waals surface area contributed by atoms with Gasteiger partial charge in [-0.1, -0.05) is 0 Å². The molecule has 1 aliphatic carbocycles. The van der Waals surface area contributed by atoms with Crippen LogP contribution in [0.3, 0.4) is 0 Å². The first-order chi connectivity index (χ1) is 19.5. The van der Waals surface area contributed by atoms with Crippen molar-refractivity contribution in [1.82, 2.24) is 15.1 Å². The van der Waals surface area contributed by atoms with Crippen LogP contribution < -0.4 is 31.8 Å². The number of nitrogens with one attached hydrogen (secondary N) is 2. The number of anilines is 1. The molecule has 2 saturated heterocycles. The molecule has 1 aromatic rings.